The first kappa shape index (κ1) is 15.2. The number of nitrogens with zero attached hydrogens (tertiary/aromatic N) is 2. The van der Waals surface area contributed by atoms with Crippen molar-refractivity contribution in [2.45, 2.75) is 6.92 Å². The lowest BCUT2D eigenvalue weighted by Gasteiger charge is -2.42. The van der Waals surface area contributed by atoms with Crippen LogP contribution in [0.2, 0.25) is 0 Å². The number of anilines is 1. The molecule has 0 aliphatic carbocycles. The van der Waals surface area contributed by atoms with Crippen molar-refractivity contribution in [2.24, 2.45) is 11.8 Å². The topological polar surface area (TPSA) is 70.1 Å². The first-order valence-electron chi connectivity index (χ1n) is 6.83. The monoisotopic (exact) mass is 292 g/mol. The lowest BCUT2D eigenvalue weighted by molar-refractivity contribution is -0.144. The van der Waals surface area contributed by atoms with Crippen molar-refractivity contribution >= 4 is 17.7 Å². The molecule has 0 bridgehead atoms. The predicted molar refractivity (Wildman–Crippen MR) is 78.7 cm³/mol. The first-order valence-corrected chi connectivity index (χ1v) is 6.83. The third-order valence-corrected chi connectivity index (χ3v) is 4.02. The molecule has 1 fully saturated rings. The smallest absolute Gasteiger partial charge is 0.324 e. The van der Waals surface area contributed by atoms with E-state index in [0.717, 1.165) is 11.4 Å². The third kappa shape index (κ3) is 3.09. The van der Waals surface area contributed by atoms with Crippen LogP contribution in [0.3, 0.4) is 0 Å². The highest BCUT2D eigenvalue weighted by atomic mass is 16.5. The molecule has 6 heteroatoms. The quantitative estimate of drug-likeness (QED) is 0.920. The second kappa shape index (κ2) is 6.03. The van der Waals surface area contributed by atoms with E-state index in [0.29, 0.717) is 13.1 Å². The van der Waals surface area contributed by atoms with Crippen LogP contribution in [0.25, 0.3) is 0 Å². The zero-order valence-corrected chi connectivity index (χ0v) is 12.4. The molecule has 1 aromatic carbocycles. The van der Waals surface area contributed by atoms with Crippen LogP contribution < -0.4 is 9.64 Å². The Balaban J connectivity index is 1.93. The maximum Gasteiger partial charge on any atom is 0.324 e. The highest BCUT2D eigenvalue weighted by Gasteiger charge is 2.38. The molecule has 0 saturated carbocycles. The van der Waals surface area contributed by atoms with Gasteiger partial charge >= 0.3 is 12.0 Å². The lowest BCUT2D eigenvalue weighted by atomic mass is 9.87. The van der Waals surface area contributed by atoms with Gasteiger partial charge in [-0.15, -0.1) is 0 Å². The average molecular weight is 292 g/mol. The molecular formula is C15H20N2O4. The number of carboxylic acid groups (broad SMARTS) is 1. The molecule has 0 spiro atoms. The van der Waals surface area contributed by atoms with E-state index in [4.69, 9.17) is 9.84 Å². The summed E-state index contributed by atoms with van der Waals surface area (Å²) in [6, 6.07) is 7.10. The van der Waals surface area contributed by atoms with E-state index in [-0.39, 0.29) is 11.9 Å². The van der Waals surface area contributed by atoms with Crippen molar-refractivity contribution in [3.05, 3.63) is 24.3 Å². The van der Waals surface area contributed by atoms with Crippen LogP contribution in [0.1, 0.15) is 6.92 Å². The Kier molecular flexibility index (Phi) is 4.35. The summed E-state index contributed by atoms with van der Waals surface area (Å²) in [7, 11) is 3.30. The summed E-state index contributed by atoms with van der Waals surface area (Å²) in [5.74, 6) is -0.453. The summed E-state index contributed by atoms with van der Waals surface area (Å²) in [4.78, 5) is 26.4. The van der Waals surface area contributed by atoms with Gasteiger partial charge in [0.25, 0.3) is 0 Å². The van der Waals surface area contributed by atoms with Crippen molar-refractivity contribution in [3.8, 4) is 5.75 Å². The van der Waals surface area contributed by atoms with Crippen LogP contribution >= 0.6 is 0 Å². The van der Waals surface area contributed by atoms with Crippen LogP contribution in [0.5, 0.6) is 5.75 Å². The number of methoxy groups -OCH3 is 1. The number of carboxylic acids is 1. The zero-order valence-electron chi connectivity index (χ0n) is 12.4. The molecule has 1 aromatic rings. The van der Waals surface area contributed by atoms with Gasteiger partial charge in [-0.25, -0.2) is 4.79 Å². The van der Waals surface area contributed by atoms with E-state index in [1.165, 1.54) is 0 Å². The SMILES string of the molecule is COc1ccc(N(C)C(=O)N2CC(C(C)C(=O)O)C2)cc1. The van der Waals surface area contributed by atoms with Gasteiger partial charge in [-0.1, -0.05) is 6.92 Å². The Hall–Kier alpha value is -2.24. The maximum absolute atomic E-state index is 12.3. The Bertz CT molecular complexity index is 523. The number of aliphatic carboxylic acids is 1. The third-order valence-electron chi connectivity index (χ3n) is 4.02. The van der Waals surface area contributed by atoms with Crippen molar-refractivity contribution in [2.75, 3.05) is 32.1 Å². The molecule has 0 aromatic heterocycles. The number of carbonyl (C=O) groups is 2. The van der Waals surface area contributed by atoms with Crippen LogP contribution in [-0.4, -0.2) is 49.3 Å². The van der Waals surface area contributed by atoms with E-state index < -0.39 is 11.9 Å². The molecule has 1 saturated heterocycles. The van der Waals surface area contributed by atoms with Crippen LogP contribution in [-0.2, 0) is 4.79 Å². The molecule has 1 N–H and O–H groups in total. The second-order valence-corrected chi connectivity index (χ2v) is 5.33. The van der Waals surface area contributed by atoms with Crippen molar-refractivity contribution in [1.82, 2.24) is 4.90 Å². The average Bonchev–Trinajstić information content (AvgIpc) is 2.44. The number of benzene rings is 1. The molecule has 0 radical (unpaired) electrons. The van der Waals surface area contributed by atoms with Crippen molar-refractivity contribution in [1.29, 1.82) is 0 Å². The summed E-state index contributed by atoms with van der Waals surface area (Å²) >= 11 is 0. The number of hydrogen-bond donors (Lipinski definition) is 1. The van der Waals surface area contributed by atoms with E-state index in [1.54, 1.807) is 43.0 Å². The van der Waals surface area contributed by atoms with Crippen molar-refractivity contribution < 1.29 is 19.4 Å². The standard InChI is InChI=1S/C15H20N2O4/c1-10(14(18)19)11-8-17(9-11)15(20)16(2)12-4-6-13(21-3)7-5-12/h4-7,10-11H,8-9H2,1-3H3,(H,18,19). The first-order chi connectivity index (χ1) is 9.93. The Morgan fingerprint density at radius 3 is 2.38 bits per heavy atom. The van der Waals surface area contributed by atoms with Crippen LogP contribution in [0.4, 0.5) is 10.5 Å². The Morgan fingerprint density at radius 2 is 1.90 bits per heavy atom. The molecule has 1 heterocycles. The summed E-state index contributed by atoms with van der Waals surface area (Å²) in [6.45, 7) is 2.67. The number of amides is 2. The Labute approximate surface area is 123 Å². The van der Waals surface area contributed by atoms with Gasteiger partial charge in [-0.2, -0.15) is 0 Å². The second-order valence-electron chi connectivity index (χ2n) is 5.33. The molecule has 1 atom stereocenters. The molecule has 1 aliphatic heterocycles. The van der Waals surface area contributed by atoms with Gasteiger partial charge in [0.15, 0.2) is 0 Å². The van der Waals surface area contributed by atoms with Gasteiger partial charge in [-0.05, 0) is 24.3 Å². The zero-order chi connectivity index (χ0) is 15.6. The normalized spacial score (nSPS) is 16.0. The minimum Gasteiger partial charge on any atom is -0.497 e. The van der Waals surface area contributed by atoms with Gasteiger partial charge in [-0.3, -0.25) is 9.69 Å². The highest BCUT2D eigenvalue weighted by Crippen LogP contribution is 2.26. The van der Waals surface area contributed by atoms with E-state index in [1.807, 2.05) is 12.1 Å². The number of urea groups is 1. The maximum atomic E-state index is 12.3. The minimum atomic E-state index is -0.810. The molecule has 6 nitrogen and oxygen atoms in total. The molecule has 1 unspecified atom stereocenters. The molecule has 2 rings (SSSR count). The van der Waals surface area contributed by atoms with Gasteiger partial charge in [0.05, 0.1) is 13.0 Å². The van der Waals surface area contributed by atoms with Crippen LogP contribution in [0, 0.1) is 11.8 Å². The predicted octanol–water partition coefficient (Wildman–Crippen LogP) is 1.90. The largest absolute Gasteiger partial charge is 0.497 e. The molecule has 2 amide bonds. The van der Waals surface area contributed by atoms with Gasteiger partial charge in [0.2, 0.25) is 0 Å². The summed E-state index contributed by atoms with van der Waals surface area (Å²) in [5, 5.41) is 8.95. The van der Waals surface area contributed by atoms with Crippen LogP contribution in [0.15, 0.2) is 24.3 Å². The molecule has 1 aliphatic rings. The molecular weight excluding hydrogens is 272 g/mol. The fourth-order valence-corrected chi connectivity index (χ4v) is 2.32. The number of carbonyl (C=O) groups excluding carboxylic acids is 1. The summed E-state index contributed by atoms with van der Waals surface area (Å²) in [5.41, 5.74) is 0.774. The number of ether oxygens (including phenoxy) is 1. The van der Waals surface area contributed by atoms with E-state index in [9.17, 15) is 9.59 Å². The fourth-order valence-electron chi connectivity index (χ4n) is 2.32. The summed E-state index contributed by atoms with van der Waals surface area (Å²) < 4.78 is 5.08. The molecule has 21 heavy (non-hydrogen) atoms. The fraction of sp³-hybridized carbons (Fsp3) is 0.467. The Morgan fingerprint density at radius 1 is 1.33 bits per heavy atom. The van der Waals surface area contributed by atoms with Gasteiger partial charge in [0.1, 0.15) is 5.75 Å². The number of hydrogen-bond acceptors (Lipinski definition) is 3. The van der Waals surface area contributed by atoms with Crippen molar-refractivity contribution in [3.63, 3.8) is 0 Å². The number of rotatable bonds is 4. The lowest BCUT2D eigenvalue weighted by Crippen LogP contribution is -2.56. The minimum absolute atomic E-state index is 0.0377. The summed E-state index contributed by atoms with van der Waals surface area (Å²) in [6.07, 6.45) is 0. The van der Waals surface area contributed by atoms with E-state index >= 15 is 0 Å². The van der Waals surface area contributed by atoms with Gasteiger partial charge in [0, 0.05) is 31.7 Å². The van der Waals surface area contributed by atoms with E-state index in [2.05, 4.69) is 0 Å². The number of likely N-dealkylation sites (tertiary alicyclic amines) is 1. The van der Waals surface area contributed by atoms with Gasteiger partial charge < -0.3 is 14.7 Å². The molecule has 114 valence electrons. The highest BCUT2D eigenvalue weighted by molar-refractivity contribution is 5.92.